The summed E-state index contributed by atoms with van der Waals surface area (Å²) in [6, 6.07) is 0.790. The zero-order valence-corrected chi connectivity index (χ0v) is 12.8. The summed E-state index contributed by atoms with van der Waals surface area (Å²) >= 11 is 7.19. The van der Waals surface area contributed by atoms with Crippen LogP contribution >= 0.6 is 34.2 Å². The Morgan fingerprint density at radius 3 is 2.40 bits per heavy atom. The first-order valence-electron chi connectivity index (χ1n) is 5.40. The van der Waals surface area contributed by atoms with E-state index in [1.54, 1.807) is 0 Å². The fourth-order valence-corrected chi connectivity index (χ4v) is 2.86. The van der Waals surface area contributed by atoms with Crippen LogP contribution in [0, 0.1) is 9.49 Å². The molecule has 108 valence electrons. The van der Waals surface area contributed by atoms with E-state index in [0.29, 0.717) is 4.90 Å². The van der Waals surface area contributed by atoms with Crippen LogP contribution in [0.5, 0.6) is 0 Å². The van der Waals surface area contributed by atoms with Gasteiger partial charge in [-0.1, -0.05) is 6.92 Å². The fraction of sp³-hybridized carbons (Fsp3) is 0.364. The maximum atomic E-state index is 12.8. The van der Waals surface area contributed by atoms with Crippen LogP contribution in [0.25, 0.3) is 0 Å². The molecule has 0 aromatic carbocycles. The molecule has 1 aromatic rings. The van der Waals surface area contributed by atoms with Gasteiger partial charge in [0.1, 0.15) is 5.38 Å². The molecule has 2 heterocycles. The molecule has 20 heavy (non-hydrogen) atoms. The van der Waals surface area contributed by atoms with Gasteiger partial charge in [0.15, 0.2) is 5.82 Å². The number of carbonyl (C=O) groups excluding carboxylic acids is 2. The molecular weight excluding hydrogens is 411 g/mol. The largest absolute Gasteiger partial charge is 0.417 e. The van der Waals surface area contributed by atoms with E-state index in [9.17, 15) is 22.8 Å². The first-order valence-corrected chi connectivity index (χ1v) is 6.91. The summed E-state index contributed by atoms with van der Waals surface area (Å²) in [5.41, 5.74) is -0.950. The van der Waals surface area contributed by atoms with E-state index in [-0.39, 0.29) is 9.39 Å². The zero-order chi connectivity index (χ0) is 15.2. The second-order valence-corrected chi connectivity index (χ2v) is 5.75. The maximum Gasteiger partial charge on any atom is 0.417 e. The number of nitrogens with zero attached hydrogens (tertiary/aromatic N) is 2. The Bertz CT molecular complexity index is 574. The molecule has 1 aliphatic heterocycles. The number of carbonyl (C=O) groups is 2. The number of hydrogen-bond acceptors (Lipinski definition) is 3. The van der Waals surface area contributed by atoms with Crippen molar-refractivity contribution in [2.45, 2.75) is 18.5 Å². The number of alkyl halides is 4. The highest BCUT2D eigenvalue weighted by molar-refractivity contribution is 14.1. The molecule has 2 unspecified atom stereocenters. The van der Waals surface area contributed by atoms with E-state index in [0.717, 1.165) is 12.3 Å². The van der Waals surface area contributed by atoms with Gasteiger partial charge in [-0.3, -0.25) is 9.59 Å². The first kappa shape index (κ1) is 15.5. The molecule has 1 saturated heterocycles. The Kier molecular flexibility index (Phi) is 3.98. The van der Waals surface area contributed by atoms with Crippen molar-refractivity contribution in [1.29, 1.82) is 0 Å². The van der Waals surface area contributed by atoms with Crippen molar-refractivity contribution in [2.75, 3.05) is 4.90 Å². The van der Waals surface area contributed by atoms with Crippen molar-refractivity contribution in [3.63, 3.8) is 0 Å². The molecule has 0 N–H and O–H groups in total. The van der Waals surface area contributed by atoms with E-state index in [4.69, 9.17) is 11.6 Å². The van der Waals surface area contributed by atoms with Crippen LogP contribution in [0.4, 0.5) is 19.0 Å². The standard InChI is InChI=1S/C11H7ClF3IN2O2/c1-4-6(12)10(20)18(9(4)19)8-7(16)5(2-3-17-8)11(13,14)15/h2-4,6H,1H3. The molecule has 2 amide bonds. The SMILES string of the molecule is CC1C(=O)N(c2nccc(C(F)(F)F)c2I)C(=O)C1Cl. The van der Waals surface area contributed by atoms with E-state index in [2.05, 4.69) is 4.98 Å². The first-order chi connectivity index (χ1) is 9.16. The number of aromatic nitrogens is 1. The van der Waals surface area contributed by atoms with E-state index in [1.165, 1.54) is 29.5 Å². The van der Waals surface area contributed by atoms with Gasteiger partial charge in [0.25, 0.3) is 5.91 Å². The molecule has 2 atom stereocenters. The quantitative estimate of drug-likeness (QED) is 0.400. The van der Waals surface area contributed by atoms with Gasteiger partial charge in [-0.15, -0.1) is 11.6 Å². The number of imide groups is 1. The third-order valence-electron chi connectivity index (χ3n) is 2.89. The van der Waals surface area contributed by atoms with Crippen molar-refractivity contribution in [2.24, 2.45) is 5.92 Å². The predicted molar refractivity (Wildman–Crippen MR) is 73.3 cm³/mol. The molecule has 2 rings (SSSR count). The summed E-state index contributed by atoms with van der Waals surface area (Å²) in [6.07, 6.45) is -3.68. The van der Waals surface area contributed by atoms with Gasteiger partial charge >= 0.3 is 6.18 Å². The zero-order valence-electron chi connectivity index (χ0n) is 9.91. The minimum atomic E-state index is -4.59. The van der Waals surface area contributed by atoms with Crippen molar-refractivity contribution < 1.29 is 22.8 Å². The average molecular weight is 419 g/mol. The number of pyridine rings is 1. The molecule has 1 aromatic heterocycles. The number of amides is 2. The number of anilines is 1. The molecule has 0 spiro atoms. The van der Waals surface area contributed by atoms with Crippen molar-refractivity contribution in [3.8, 4) is 0 Å². The molecule has 0 bridgehead atoms. The molecule has 1 fully saturated rings. The van der Waals surface area contributed by atoms with Crippen molar-refractivity contribution in [1.82, 2.24) is 4.98 Å². The van der Waals surface area contributed by atoms with Crippen LogP contribution in [0.3, 0.4) is 0 Å². The van der Waals surface area contributed by atoms with Gasteiger partial charge in [0.05, 0.1) is 15.1 Å². The molecule has 0 aliphatic carbocycles. The van der Waals surface area contributed by atoms with Gasteiger partial charge < -0.3 is 0 Å². The lowest BCUT2D eigenvalue weighted by molar-refractivity contribution is -0.138. The molecule has 4 nitrogen and oxygen atoms in total. The topological polar surface area (TPSA) is 50.3 Å². The third kappa shape index (κ3) is 2.39. The van der Waals surface area contributed by atoms with Gasteiger partial charge in [-0.05, 0) is 28.7 Å². The summed E-state index contributed by atoms with van der Waals surface area (Å²) in [4.78, 5) is 28.2. The van der Waals surface area contributed by atoms with Crippen LogP contribution in [-0.2, 0) is 15.8 Å². The smallest absolute Gasteiger partial charge is 0.274 e. The van der Waals surface area contributed by atoms with Crippen LogP contribution < -0.4 is 4.90 Å². The summed E-state index contributed by atoms with van der Waals surface area (Å²) in [7, 11) is 0. The van der Waals surface area contributed by atoms with Crippen molar-refractivity contribution in [3.05, 3.63) is 21.4 Å². The number of hydrogen-bond donors (Lipinski definition) is 0. The van der Waals surface area contributed by atoms with Gasteiger partial charge in [0, 0.05) is 6.20 Å². The molecule has 0 radical (unpaired) electrons. The fourth-order valence-electron chi connectivity index (χ4n) is 1.79. The summed E-state index contributed by atoms with van der Waals surface area (Å²) < 4.78 is 38.1. The highest BCUT2D eigenvalue weighted by Gasteiger charge is 2.47. The molecular formula is C11H7ClF3IN2O2. The summed E-state index contributed by atoms with van der Waals surface area (Å²) in [5, 5.41) is -1.09. The van der Waals surface area contributed by atoms with E-state index in [1.807, 2.05) is 0 Å². The van der Waals surface area contributed by atoms with Crippen LogP contribution in [0.15, 0.2) is 12.3 Å². The monoisotopic (exact) mass is 418 g/mol. The lowest BCUT2D eigenvalue weighted by Gasteiger charge is -2.17. The Hall–Kier alpha value is -0.900. The van der Waals surface area contributed by atoms with E-state index >= 15 is 0 Å². The average Bonchev–Trinajstić information content (AvgIpc) is 2.54. The Morgan fingerprint density at radius 2 is 1.95 bits per heavy atom. The van der Waals surface area contributed by atoms with Gasteiger partial charge in [-0.25, -0.2) is 9.88 Å². The van der Waals surface area contributed by atoms with E-state index < -0.39 is 34.8 Å². The third-order valence-corrected chi connectivity index (χ3v) is 4.52. The highest BCUT2D eigenvalue weighted by Crippen LogP contribution is 2.38. The van der Waals surface area contributed by atoms with Crippen LogP contribution in [0.1, 0.15) is 12.5 Å². The van der Waals surface area contributed by atoms with Gasteiger partial charge in [-0.2, -0.15) is 13.2 Å². The number of halogens is 5. The maximum absolute atomic E-state index is 12.8. The summed E-state index contributed by atoms with van der Waals surface area (Å²) in [6.45, 7) is 1.44. The Morgan fingerprint density at radius 1 is 1.35 bits per heavy atom. The minimum Gasteiger partial charge on any atom is -0.274 e. The normalized spacial score (nSPS) is 23.6. The van der Waals surface area contributed by atoms with Crippen LogP contribution in [0.2, 0.25) is 0 Å². The minimum absolute atomic E-state index is 0.308. The molecule has 1 aliphatic rings. The second-order valence-electron chi connectivity index (χ2n) is 4.20. The Balaban J connectivity index is 2.55. The lowest BCUT2D eigenvalue weighted by Crippen LogP contribution is -2.33. The highest BCUT2D eigenvalue weighted by atomic mass is 127. The van der Waals surface area contributed by atoms with Crippen LogP contribution in [-0.4, -0.2) is 22.2 Å². The molecule has 9 heteroatoms. The lowest BCUT2D eigenvalue weighted by atomic mass is 10.1. The number of rotatable bonds is 1. The van der Waals surface area contributed by atoms with Crippen molar-refractivity contribution >= 4 is 51.8 Å². The Labute approximate surface area is 130 Å². The molecule has 0 saturated carbocycles. The summed E-state index contributed by atoms with van der Waals surface area (Å²) in [5.74, 6) is -2.53. The second kappa shape index (κ2) is 5.14. The van der Waals surface area contributed by atoms with Gasteiger partial charge in [0.2, 0.25) is 5.91 Å². The predicted octanol–water partition coefficient (Wildman–Crippen LogP) is 2.82.